The summed E-state index contributed by atoms with van der Waals surface area (Å²) in [4.78, 5) is 43.8. The summed E-state index contributed by atoms with van der Waals surface area (Å²) in [6.07, 6.45) is 1.88. The van der Waals surface area contributed by atoms with Crippen molar-refractivity contribution in [3.05, 3.63) is 66.0 Å². The first-order valence-corrected chi connectivity index (χ1v) is 11.5. The van der Waals surface area contributed by atoms with E-state index in [4.69, 9.17) is 21.7 Å². The van der Waals surface area contributed by atoms with Crippen LogP contribution in [-0.2, 0) is 25.7 Å². The van der Waals surface area contributed by atoms with Crippen LogP contribution in [0.1, 0.15) is 44.9 Å². The maximum absolute atomic E-state index is 12.8. The molecule has 0 bridgehead atoms. The number of benzene rings is 1. The number of carbonyl (C=O) groups excluding carboxylic acids is 3. The van der Waals surface area contributed by atoms with Crippen LogP contribution in [0.3, 0.4) is 0 Å². The lowest BCUT2D eigenvalue weighted by Crippen LogP contribution is -2.71. The third kappa shape index (κ3) is 7.08. The van der Waals surface area contributed by atoms with Gasteiger partial charge in [-0.1, -0.05) is 48.6 Å². The Bertz CT molecular complexity index is 1020. The Balaban J connectivity index is 1.62. The number of β-lactam (4-membered cyclic amide) rings is 1. The third-order valence-electron chi connectivity index (χ3n) is 5.16. The smallest absolute Gasteiger partial charge is 0.408 e. The van der Waals surface area contributed by atoms with Gasteiger partial charge in [0.2, 0.25) is 5.91 Å². The zero-order chi connectivity index (χ0) is 24.7. The molecule has 0 saturated carbocycles. The highest BCUT2D eigenvalue weighted by Gasteiger charge is 2.49. The number of hydrogen-bond donors (Lipinski definition) is 1. The standard InChI is InChI=1S/C25H29N3O5S/c1-25(2,3)33-21(29)15-28-19(12-13-20(34)18-11-7-8-14-26-18)22(23(28)30)27-24(31)32-16-17-9-5-4-6-10-17/h4-11,14,19,22H,12-13,15-16H2,1-3H3,(H,27,31). The monoisotopic (exact) mass is 483 g/mol. The van der Waals surface area contributed by atoms with Crippen LogP contribution in [0.25, 0.3) is 0 Å². The second-order valence-corrected chi connectivity index (χ2v) is 9.47. The first-order chi connectivity index (χ1) is 16.1. The lowest BCUT2D eigenvalue weighted by molar-refractivity contribution is -0.167. The number of esters is 1. The molecule has 0 aliphatic carbocycles. The molecule has 2 amide bonds. The minimum Gasteiger partial charge on any atom is -0.459 e. The predicted octanol–water partition coefficient (Wildman–Crippen LogP) is 3.43. The van der Waals surface area contributed by atoms with E-state index in [0.29, 0.717) is 23.4 Å². The van der Waals surface area contributed by atoms with E-state index >= 15 is 0 Å². The van der Waals surface area contributed by atoms with Crippen molar-refractivity contribution < 1.29 is 23.9 Å². The molecule has 34 heavy (non-hydrogen) atoms. The van der Waals surface area contributed by atoms with Gasteiger partial charge < -0.3 is 19.7 Å². The van der Waals surface area contributed by atoms with Gasteiger partial charge in [0.1, 0.15) is 24.8 Å². The van der Waals surface area contributed by atoms with Crippen molar-refractivity contribution in [2.45, 2.75) is 57.9 Å². The Morgan fingerprint density at radius 2 is 1.82 bits per heavy atom. The molecule has 2 unspecified atom stereocenters. The van der Waals surface area contributed by atoms with Crippen molar-refractivity contribution >= 4 is 35.1 Å². The summed E-state index contributed by atoms with van der Waals surface area (Å²) in [6.45, 7) is 5.17. The fraction of sp³-hybridized carbons (Fsp3) is 0.400. The molecule has 3 rings (SSSR count). The molecule has 2 atom stereocenters. The first-order valence-electron chi connectivity index (χ1n) is 11.1. The van der Waals surface area contributed by atoms with Gasteiger partial charge in [0.15, 0.2) is 0 Å². The fourth-order valence-electron chi connectivity index (χ4n) is 3.62. The van der Waals surface area contributed by atoms with Gasteiger partial charge in [-0.25, -0.2) is 4.79 Å². The summed E-state index contributed by atoms with van der Waals surface area (Å²) in [5.74, 6) is -0.875. The molecule has 180 valence electrons. The van der Waals surface area contributed by atoms with Crippen LogP contribution in [0.4, 0.5) is 4.79 Å². The van der Waals surface area contributed by atoms with Gasteiger partial charge in [0.05, 0.1) is 11.7 Å². The van der Waals surface area contributed by atoms with E-state index in [1.165, 1.54) is 4.90 Å². The van der Waals surface area contributed by atoms with Crippen molar-refractivity contribution in [1.82, 2.24) is 15.2 Å². The highest BCUT2D eigenvalue weighted by atomic mass is 32.1. The van der Waals surface area contributed by atoms with E-state index < -0.39 is 29.7 Å². The average molecular weight is 484 g/mol. The number of likely N-dealkylation sites (tertiary alicyclic amines) is 1. The number of carbonyl (C=O) groups is 3. The molecule has 0 radical (unpaired) electrons. The first kappa shape index (κ1) is 25.3. The molecule has 1 N–H and O–H groups in total. The van der Waals surface area contributed by atoms with Gasteiger partial charge in [-0.15, -0.1) is 0 Å². The summed E-state index contributed by atoms with van der Waals surface area (Å²) in [5.41, 5.74) is 0.856. The number of thiocarbonyl (C=S) groups is 1. The van der Waals surface area contributed by atoms with Gasteiger partial charge in [0.25, 0.3) is 0 Å². The molecule has 2 heterocycles. The van der Waals surface area contributed by atoms with E-state index in [1.807, 2.05) is 42.5 Å². The number of rotatable bonds is 9. The van der Waals surface area contributed by atoms with Crippen molar-refractivity contribution in [2.75, 3.05) is 6.54 Å². The van der Waals surface area contributed by atoms with Crippen LogP contribution in [-0.4, -0.2) is 56.9 Å². The SMILES string of the molecule is CC(C)(C)OC(=O)CN1C(=O)C(NC(=O)OCc2ccccc2)C1CCC(=S)c1ccccn1. The molecule has 2 aromatic rings. The fourth-order valence-corrected chi connectivity index (χ4v) is 3.86. The summed E-state index contributed by atoms with van der Waals surface area (Å²) >= 11 is 5.49. The van der Waals surface area contributed by atoms with Crippen LogP contribution in [0.5, 0.6) is 0 Å². The quantitative estimate of drug-likeness (QED) is 0.253. The molecule has 1 aromatic heterocycles. The molecule has 0 spiro atoms. The highest BCUT2D eigenvalue weighted by molar-refractivity contribution is 7.80. The van der Waals surface area contributed by atoms with E-state index in [9.17, 15) is 14.4 Å². The summed E-state index contributed by atoms with van der Waals surface area (Å²) in [7, 11) is 0. The predicted molar refractivity (Wildman–Crippen MR) is 130 cm³/mol. The van der Waals surface area contributed by atoms with Gasteiger partial charge in [-0.05, 0) is 51.3 Å². The van der Waals surface area contributed by atoms with E-state index in [0.717, 1.165) is 5.56 Å². The number of alkyl carbamates (subject to hydrolysis) is 1. The van der Waals surface area contributed by atoms with Crippen LogP contribution in [0.15, 0.2) is 54.7 Å². The van der Waals surface area contributed by atoms with Gasteiger partial charge in [-0.2, -0.15) is 0 Å². The Kier molecular flexibility index (Phi) is 8.33. The number of ether oxygens (including phenoxy) is 2. The second-order valence-electron chi connectivity index (χ2n) is 8.98. The average Bonchev–Trinajstić information content (AvgIpc) is 2.81. The van der Waals surface area contributed by atoms with E-state index in [-0.39, 0.29) is 19.1 Å². The zero-order valence-corrected chi connectivity index (χ0v) is 20.3. The maximum atomic E-state index is 12.8. The minimum absolute atomic E-state index is 0.0869. The number of pyridine rings is 1. The molecule has 1 aromatic carbocycles. The van der Waals surface area contributed by atoms with Gasteiger partial charge in [0, 0.05) is 11.1 Å². The molecule has 1 aliphatic heterocycles. The Morgan fingerprint density at radius 3 is 2.47 bits per heavy atom. The molecular weight excluding hydrogens is 454 g/mol. The largest absolute Gasteiger partial charge is 0.459 e. The topological polar surface area (TPSA) is 97.8 Å². The normalized spacial score (nSPS) is 17.5. The summed E-state index contributed by atoms with van der Waals surface area (Å²) < 4.78 is 10.6. The Morgan fingerprint density at radius 1 is 1.12 bits per heavy atom. The van der Waals surface area contributed by atoms with Crippen LogP contribution >= 0.6 is 12.2 Å². The third-order valence-corrected chi connectivity index (χ3v) is 5.57. The Labute approximate surface area is 204 Å². The van der Waals surface area contributed by atoms with Crippen LogP contribution < -0.4 is 5.32 Å². The van der Waals surface area contributed by atoms with E-state index in [1.54, 1.807) is 33.0 Å². The van der Waals surface area contributed by atoms with Crippen molar-refractivity contribution in [3.8, 4) is 0 Å². The maximum Gasteiger partial charge on any atom is 0.408 e. The van der Waals surface area contributed by atoms with Gasteiger partial charge in [-0.3, -0.25) is 14.6 Å². The molecule has 8 nitrogen and oxygen atoms in total. The van der Waals surface area contributed by atoms with Gasteiger partial charge >= 0.3 is 12.1 Å². The summed E-state index contributed by atoms with van der Waals surface area (Å²) in [5, 5.41) is 2.64. The molecule has 9 heteroatoms. The van der Waals surface area contributed by atoms with E-state index in [2.05, 4.69) is 10.3 Å². The van der Waals surface area contributed by atoms with Crippen LogP contribution in [0, 0.1) is 0 Å². The lowest BCUT2D eigenvalue weighted by atomic mass is 9.90. The minimum atomic E-state index is -0.808. The molecular formula is C25H29N3O5S. The van der Waals surface area contributed by atoms with Crippen molar-refractivity contribution in [1.29, 1.82) is 0 Å². The number of nitrogens with zero attached hydrogens (tertiary/aromatic N) is 2. The summed E-state index contributed by atoms with van der Waals surface area (Å²) in [6, 6.07) is 13.5. The number of aromatic nitrogens is 1. The second kappa shape index (κ2) is 11.2. The molecule has 1 saturated heterocycles. The van der Waals surface area contributed by atoms with Crippen molar-refractivity contribution in [2.24, 2.45) is 0 Å². The Hall–Kier alpha value is -3.33. The lowest BCUT2D eigenvalue weighted by Gasteiger charge is -2.46. The zero-order valence-electron chi connectivity index (χ0n) is 19.5. The highest BCUT2D eigenvalue weighted by Crippen LogP contribution is 2.26. The number of hydrogen-bond acceptors (Lipinski definition) is 7. The number of amides is 2. The molecule has 1 fully saturated rings. The molecule has 1 aliphatic rings. The number of nitrogens with one attached hydrogen (secondary N) is 1. The van der Waals surface area contributed by atoms with Crippen LogP contribution in [0.2, 0.25) is 0 Å². The van der Waals surface area contributed by atoms with Crippen molar-refractivity contribution in [3.63, 3.8) is 0 Å².